The number of fused-ring (bicyclic) bond motifs is 1. The van der Waals surface area contributed by atoms with E-state index in [0.717, 1.165) is 89.9 Å². The minimum Gasteiger partial charge on any atom is -0.348 e. The lowest BCUT2D eigenvalue weighted by atomic mass is 9.87. The summed E-state index contributed by atoms with van der Waals surface area (Å²) in [6.45, 7) is 2.14. The normalized spacial score (nSPS) is 13.1. The lowest BCUT2D eigenvalue weighted by molar-refractivity contribution is 0.699. The molecule has 338 valence electrons. The van der Waals surface area contributed by atoms with Gasteiger partial charge < -0.3 is 4.90 Å². The molecule has 0 saturated carbocycles. The van der Waals surface area contributed by atoms with E-state index < -0.39 is 0 Å². The van der Waals surface area contributed by atoms with E-state index in [9.17, 15) is 0 Å². The van der Waals surface area contributed by atoms with E-state index in [0.29, 0.717) is 0 Å². The molecular weight excluding hydrogens is 861 g/mol. The highest BCUT2D eigenvalue weighted by molar-refractivity contribution is 6.19. The van der Waals surface area contributed by atoms with Crippen LogP contribution in [0.5, 0.6) is 0 Å². The fourth-order valence-corrected chi connectivity index (χ4v) is 10.1. The molecule has 0 radical (unpaired) electrons. The molecule has 0 saturated heterocycles. The Morgan fingerprint density at radius 2 is 0.789 bits per heavy atom. The molecule has 0 fully saturated rings. The van der Waals surface area contributed by atoms with Crippen LogP contribution < -0.4 is 4.90 Å². The van der Waals surface area contributed by atoms with Crippen molar-refractivity contribution in [1.29, 1.82) is 0 Å². The van der Waals surface area contributed by atoms with Crippen LogP contribution in [0.2, 0.25) is 0 Å². The quantitative estimate of drug-likeness (QED) is 0.137. The second kappa shape index (κ2) is 18.8. The maximum Gasteiger partial charge on any atom is 0.147 e. The summed E-state index contributed by atoms with van der Waals surface area (Å²) in [7, 11) is 2.20. The SMILES string of the molecule is Cc1ccc(C2N=C(c3ccc(-n4c(-c5ccccc5)nc(-c5ccccc5)c4-c4ccccc4)cc3)c3cc(-c4ccc(-c5ccccc5)cc4)cc(-c4ccc(-c5ccccc5)cc4)c3N2C)cc1. The van der Waals surface area contributed by atoms with Crippen LogP contribution in [0.4, 0.5) is 5.69 Å². The van der Waals surface area contributed by atoms with Crippen LogP contribution in [0.1, 0.15) is 28.4 Å². The van der Waals surface area contributed by atoms with Crippen molar-refractivity contribution in [3.63, 3.8) is 0 Å². The number of imidazole rings is 1. The summed E-state index contributed by atoms with van der Waals surface area (Å²) in [6, 6.07) is 93.4. The van der Waals surface area contributed by atoms with Gasteiger partial charge >= 0.3 is 0 Å². The van der Waals surface area contributed by atoms with Crippen molar-refractivity contribution in [3.8, 4) is 84.1 Å². The summed E-state index contributed by atoms with van der Waals surface area (Å²) in [6.07, 6.45) is -0.271. The summed E-state index contributed by atoms with van der Waals surface area (Å²) in [4.78, 5) is 13.6. The zero-order valence-electron chi connectivity index (χ0n) is 39.7. The lowest BCUT2D eigenvalue weighted by Gasteiger charge is -2.36. The van der Waals surface area contributed by atoms with Gasteiger partial charge in [0, 0.05) is 46.1 Å². The molecule has 2 heterocycles. The number of hydrogen-bond donors (Lipinski definition) is 0. The number of aliphatic imine (C=N–C) groups is 1. The Hall–Kier alpha value is -9.12. The Labute approximate surface area is 416 Å². The third kappa shape index (κ3) is 8.36. The Bertz CT molecular complexity index is 3640. The van der Waals surface area contributed by atoms with Crippen LogP contribution in [-0.2, 0) is 0 Å². The van der Waals surface area contributed by atoms with E-state index in [1.54, 1.807) is 0 Å². The molecule has 71 heavy (non-hydrogen) atoms. The second-order valence-corrected chi connectivity index (χ2v) is 18.3. The van der Waals surface area contributed by atoms with Crippen LogP contribution in [-0.4, -0.2) is 22.3 Å². The Morgan fingerprint density at radius 1 is 0.366 bits per heavy atom. The molecule has 11 aromatic rings. The van der Waals surface area contributed by atoms with E-state index in [-0.39, 0.29) is 6.17 Å². The van der Waals surface area contributed by atoms with Gasteiger partial charge in [-0.1, -0.05) is 242 Å². The minimum atomic E-state index is -0.271. The molecule has 1 unspecified atom stereocenters. The van der Waals surface area contributed by atoms with E-state index >= 15 is 0 Å². The first-order chi connectivity index (χ1) is 35.0. The first-order valence-corrected chi connectivity index (χ1v) is 24.3. The molecule has 1 aliphatic heterocycles. The monoisotopic (exact) mass is 910 g/mol. The summed E-state index contributed by atoms with van der Waals surface area (Å²) in [5.74, 6) is 0.878. The van der Waals surface area contributed by atoms with Crippen molar-refractivity contribution in [3.05, 3.63) is 283 Å². The maximum atomic E-state index is 5.75. The molecule has 1 atom stereocenters. The molecule has 0 aliphatic carbocycles. The van der Waals surface area contributed by atoms with Gasteiger partial charge in [0.1, 0.15) is 12.0 Å². The zero-order chi connectivity index (χ0) is 47.7. The Morgan fingerprint density at radius 3 is 1.32 bits per heavy atom. The van der Waals surface area contributed by atoms with Crippen molar-refractivity contribution in [1.82, 2.24) is 9.55 Å². The number of aryl methyl sites for hydroxylation is 1. The molecule has 12 rings (SSSR count). The highest BCUT2D eigenvalue weighted by Gasteiger charge is 2.31. The van der Waals surface area contributed by atoms with Gasteiger partial charge in [0.05, 0.1) is 22.8 Å². The second-order valence-electron chi connectivity index (χ2n) is 18.3. The zero-order valence-corrected chi connectivity index (χ0v) is 39.7. The van der Waals surface area contributed by atoms with Crippen molar-refractivity contribution in [2.24, 2.45) is 4.99 Å². The highest BCUT2D eigenvalue weighted by atomic mass is 15.2. The lowest BCUT2D eigenvalue weighted by Crippen LogP contribution is -2.31. The summed E-state index contributed by atoms with van der Waals surface area (Å²) < 4.78 is 2.32. The predicted molar refractivity (Wildman–Crippen MR) is 296 cm³/mol. The van der Waals surface area contributed by atoms with E-state index in [1.807, 2.05) is 0 Å². The average Bonchev–Trinajstić information content (AvgIpc) is 3.86. The third-order valence-electron chi connectivity index (χ3n) is 13.7. The minimum absolute atomic E-state index is 0.271. The van der Waals surface area contributed by atoms with Crippen LogP contribution in [0.15, 0.2) is 266 Å². The number of aromatic nitrogens is 2. The van der Waals surface area contributed by atoms with Crippen molar-refractivity contribution < 1.29 is 0 Å². The topological polar surface area (TPSA) is 33.4 Å². The maximum absolute atomic E-state index is 5.75. The molecule has 0 N–H and O–H groups in total. The number of hydrogen-bond acceptors (Lipinski definition) is 3. The van der Waals surface area contributed by atoms with Gasteiger partial charge in [0.15, 0.2) is 0 Å². The fourth-order valence-electron chi connectivity index (χ4n) is 10.1. The molecule has 0 spiro atoms. The number of nitrogens with zero attached hydrogens (tertiary/aromatic N) is 4. The van der Waals surface area contributed by atoms with Gasteiger partial charge in [-0.2, -0.15) is 0 Å². The smallest absolute Gasteiger partial charge is 0.147 e. The Kier molecular flexibility index (Phi) is 11.4. The van der Waals surface area contributed by atoms with E-state index in [4.69, 9.17) is 9.98 Å². The van der Waals surface area contributed by atoms with Gasteiger partial charge in [-0.15, -0.1) is 0 Å². The molecule has 4 heteroatoms. The van der Waals surface area contributed by atoms with Gasteiger partial charge in [-0.25, -0.2) is 4.98 Å². The molecular formula is C67H50N4. The molecule has 1 aromatic heterocycles. The average molecular weight is 911 g/mol. The van der Waals surface area contributed by atoms with Crippen molar-refractivity contribution >= 4 is 11.4 Å². The highest BCUT2D eigenvalue weighted by Crippen LogP contribution is 2.46. The van der Waals surface area contributed by atoms with Crippen LogP contribution in [0.3, 0.4) is 0 Å². The van der Waals surface area contributed by atoms with Crippen LogP contribution in [0, 0.1) is 6.92 Å². The number of benzene rings is 10. The van der Waals surface area contributed by atoms with E-state index in [2.05, 4.69) is 284 Å². The van der Waals surface area contributed by atoms with Crippen LogP contribution in [0.25, 0.3) is 84.1 Å². The molecule has 1 aliphatic rings. The largest absolute Gasteiger partial charge is 0.348 e. The number of rotatable bonds is 10. The van der Waals surface area contributed by atoms with Crippen molar-refractivity contribution in [2.45, 2.75) is 13.1 Å². The van der Waals surface area contributed by atoms with Gasteiger partial charge in [-0.05, 0) is 75.7 Å². The molecule has 0 bridgehead atoms. The van der Waals surface area contributed by atoms with Crippen molar-refractivity contribution in [2.75, 3.05) is 11.9 Å². The first kappa shape index (κ1) is 43.2. The molecule has 0 amide bonds. The first-order valence-electron chi connectivity index (χ1n) is 24.3. The third-order valence-corrected chi connectivity index (χ3v) is 13.7. The molecule has 10 aromatic carbocycles. The van der Waals surface area contributed by atoms with Gasteiger partial charge in [-0.3, -0.25) is 9.56 Å². The van der Waals surface area contributed by atoms with E-state index in [1.165, 1.54) is 27.8 Å². The standard InChI is InChI=1S/C67H50N4/c1-46-28-30-57(31-29-46)66-68-62(54-40-42-59(43-41-54)71-64(55-24-14-6-15-25-55)63(53-22-12-5-13-23-53)69-67(71)56-26-16-7-17-27-56)61-45-58(51-34-32-49(33-35-51)47-18-8-3-9-19-47)44-60(65(61)70(66)2)52-38-36-50(37-39-52)48-20-10-4-11-21-48/h3-45,66H,1-2H3. The predicted octanol–water partition coefficient (Wildman–Crippen LogP) is 16.8. The van der Waals surface area contributed by atoms with Crippen LogP contribution >= 0.6 is 0 Å². The number of anilines is 1. The summed E-state index contributed by atoms with van der Waals surface area (Å²) >= 11 is 0. The Balaban J connectivity index is 1.05. The summed E-state index contributed by atoms with van der Waals surface area (Å²) in [5.41, 5.74) is 22.1. The van der Waals surface area contributed by atoms with Gasteiger partial charge in [0.2, 0.25) is 0 Å². The summed E-state index contributed by atoms with van der Waals surface area (Å²) in [5, 5.41) is 0. The van der Waals surface area contributed by atoms with Gasteiger partial charge in [0.25, 0.3) is 0 Å². The fraction of sp³-hybridized carbons (Fsp3) is 0.0448. The molecule has 4 nitrogen and oxygen atoms in total.